The quantitative estimate of drug-likeness (QED) is 0.882. The number of thiophene rings is 1. The van der Waals surface area contributed by atoms with Crippen LogP contribution in [0.1, 0.15) is 21.4 Å². The van der Waals surface area contributed by atoms with Crippen molar-refractivity contribution in [3.63, 3.8) is 0 Å². The molecule has 0 aliphatic rings. The van der Waals surface area contributed by atoms with Crippen molar-refractivity contribution in [3.8, 4) is 0 Å². The Kier molecular flexibility index (Phi) is 3.82. The van der Waals surface area contributed by atoms with E-state index in [4.69, 9.17) is 11.6 Å². The van der Waals surface area contributed by atoms with E-state index in [0.29, 0.717) is 0 Å². The van der Waals surface area contributed by atoms with Gasteiger partial charge in [-0.3, -0.25) is 0 Å². The zero-order chi connectivity index (χ0) is 12.4. The van der Waals surface area contributed by atoms with Gasteiger partial charge in [-0.25, -0.2) is 4.39 Å². The Morgan fingerprint density at radius 3 is 2.59 bits per heavy atom. The van der Waals surface area contributed by atoms with Crippen LogP contribution in [-0.2, 0) is 0 Å². The van der Waals surface area contributed by atoms with Crippen LogP contribution in [0.15, 0.2) is 30.3 Å². The van der Waals surface area contributed by atoms with Crippen LogP contribution in [0.4, 0.5) is 4.39 Å². The van der Waals surface area contributed by atoms with E-state index in [2.05, 4.69) is 24.4 Å². The van der Waals surface area contributed by atoms with E-state index in [1.807, 2.05) is 13.1 Å². The summed E-state index contributed by atoms with van der Waals surface area (Å²) in [7, 11) is 1.87. The molecule has 17 heavy (non-hydrogen) atoms. The highest BCUT2D eigenvalue weighted by Gasteiger charge is 2.15. The van der Waals surface area contributed by atoms with Crippen molar-refractivity contribution in [2.45, 2.75) is 13.0 Å². The third-order valence-electron chi connectivity index (χ3n) is 2.61. The lowest BCUT2D eigenvalue weighted by Crippen LogP contribution is -2.16. The maximum Gasteiger partial charge on any atom is 0.142 e. The molecule has 0 bridgehead atoms. The zero-order valence-electron chi connectivity index (χ0n) is 9.63. The van der Waals surface area contributed by atoms with Gasteiger partial charge in [0.1, 0.15) is 5.82 Å². The molecule has 0 radical (unpaired) electrons. The summed E-state index contributed by atoms with van der Waals surface area (Å²) < 4.78 is 13.4. The Morgan fingerprint density at radius 1 is 1.29 bits per heavy atom. The molecule has 1 heterocycles. The number of hydrogen-bond acceptors (Lipinski definition) is 2. The van der Waals surface area contributed by atoms with Crippen LogP contribution >= 0.6 is 22.9 Å². The first-order valence-corrected chi connectivity index (χ1v) is 6.50. The van der Waals surface area contributed by atoms with Crippen molar-refractivity contribution in [3.05, 3.63) is 56.5 Å². The van der Waals surface area contributed by atoms with Gasteiger partial charge >= 0.3 is 0 Å². The van der Waals surface area contributed by atoms with Crippen molar-refractivity contribution in [2.24, 2.45) is 0 Å². The predicted molar refractivity (Wildman–Crippen MR) is 71.4 cm³/mol. The van der Waals surface area contributed by atoms with Crippen molar-refractivity contribution >= 4 is 22.9 Å². The van der Waals surface area contributed by atoms with Crippen LogP contribution < -0.4 is 5.32 Å². The van der Waals surface area contributed by atoms with E-state index >= 15 is 0 Å². The first-order valence-electron chi connectivity index (χ1n) is 5.30. The molecular formula is C13H13ClFNS. The lowest BCUT2D eigenvalue weighted by molar-refractivity contribution is 0.618. The average Bonchev–Trinajstić information content (AvgIpc) is 2.71. The Hall–Kier alpha value is -0.900. The molecule has 1 aromatic heterocycles. The molecule has 0 fully saturated rings. The Bertz CT molecular complexity index is 524. The Labute approximate surface area is 109 Å². The SMILES string of the molecule is CNC(c1ccc(Cl)c(F)c1)c1ccc(C)s1. The van der Waals surface area contributed by atoms with E-state index in [0.717, 1.165) is 5.56 Å². The summed E-state index contributed by atoms with van der Waals surface area (Å²) in [4.78, 5) is 2.42. The summed E-state index contributed by atoms with van der Waals surface area (Å²) in [5.41, 5.74) is 0.885. The van der Waals surface area contributed by atoms with Gasteiger partial charge in [0.05, 0.1) is 11.1 Å². The van der Waals surface area contributed by atoms with Gasteiger partial charge in [-0.1, -0.05) is 17.7 Å². The van der Waals surface area contributed by atoms with Gasteiger partial charge in [-0.2, -0.15) is 0 Å². The monoisotopic (exact) mass is 269 g/mol. The van der Waals surface area contributed by atoms with Crippen LogP contribution in [0.25, 0.3) is 0 Å². The predicted octanol–water partition coefficient (Wildman–Crippen LogP) is 4.16. The second kappa shape index (κ2) is 5.17. The van der Waals surface area contributed by atoms with Crippen LogP contribution in [0.3, 0.4) is 0 Å². The lowest BCUT2D eigenvalue weighted by Gasteiger charge is -2.15. The molecule has 1 N–H and O–H groups in total. The van der Waals surface area contributed by atoms with Gasteiger partial charge in [0.15, 0.2) is 0 Å². The maximum atomic E-state index is 13.4. The fourth-order valence-corrected chi connectivity index (χ4v) is 2.91. The van der Waals surface area contributed by atoms with Crippen molar-refractivity contribution in [1.82, 2.24) is 5.32 Å². The molecule has 1 nitrogen and oxygen atoms in total. The molecule has 0 saturated heterocycles. The normalized spacial score (nSPS) is 12.7. The molecule has 0 spiro atoms. The van der Waals surface area contributed by atoms with E-state index in [1.54, 1.807) is 17.4 Å². The minimum Gasteiger partial charge on any atom is -0.309 e. The van der Waals surface area contributed by atoms with Gasteiger partial charge in [-0.05, 0) is 43.8 Å². The third kappa shape index (κ3) is 2.68. The molecule has 1 aromatic carbocycles. The largest absolute Gasteiger partial charge is 0.309 e. The molecular weight excluding hydrogens is 257 g/mol. The number of halogens is 2. The van der Waals surface area contributed by atoms with Crippen molar-refractivity contribution < 1.29 is 4.39 Å². The van der Waals surface area contributed by atoms with E-state index in [1.165, 1.54) is 15.8 Å². The van der Waals surface area contributed by atoms with E-state index < -0.39 is 0 Å². The van der Waals surface area contributed by atoms with Gasteiger partial charge in [0, 0.05) is 9.75 Å². The average molecular weight is 270 g/mol. The fraction of sp³-hybridized carbons (Fsp3) is 0.231. The summed E-state index contributed by atoms with van der Waals surface area (Å²) in [6.07, 6.45) is 0. The second-order valence-corrected chi connectivity index (χ2v) is 5.57. The molecule has 1 unspecified atom stereocenters. The van der Waals surface area contributed by atoms with Gasteiger partial charge < -0.3 is 5.32 Å². The van der Waals surface area contributed by atoms with E-state index in [-0.39, 0.29) is 16.9 Å². The molecule has 0 aliphatic heterocycles. The summed E-state index contributed by atoms with van der Waals surface area (Å²) in [6.45, 7) is 2.06. The molecule has 0 saturated carbocycles. The van der Waals surface area contributed by atoms with Crippen molar-refractivity contribution in [2.75, 3.05) is 7.05 Å². The summed E-state index contributed by atoms with van der Waals surface area (Å²) in [5.74, 6) is -0.377. The summed E-state index contributed by atoms with van der Waals surface area (Å²) >= 11 is 7.39. The maximum absolute atomic E-state index is 13.4. The first kappa shape index (κ1) is 12.6. The highest BCUT2D eigenvalue weighted by atomic mass is 35.5. The second-order valence-electron chi connectivity index (χ2n) is 3.84. The van der Waals surface area contributed by atoms with E-state index in [9.17, 15) is 4.39 Å². The topological polar surface area (TPSA) is 12.0 Å². The fourth-order valence-electron chi connectivity index (χ4n) is 1.77. The van der Waals surface area contributed by atoms with Gasteiger partial charge in [-0.15, -0.1) is 11.3 Å². The van der Waals surface area contributed by atoms with Gasteiger partial charge in [0.2, 0.25) is 0 Å². The minimum atomic E-state index is -0.377. The number of aryl methyl sites for hydroxylation is 1. The lowest BCUT2D eigenvalue weighted by atomic mass is 10.1. The third-order valence-corrected chi connectivity index (χ3v) is 3.98. The number of benzene rings is 1. The molecule has 2 aromatic rings. The molecule has 4 heteroatoms. The molecule has 90 valence electrons. The standard InChI is InChI=1S/C13H13ClFNS/c1-8-3-6-12(17-8)13(16-2)9-4-5-10(14)11(15)7-9/h3-7,13,16H,1-2H3. The van der Waals surface area contributed by atoms with Crippen LogP contribution in [-0.4, -0.2) is 7.05 Å². The zero-order valence-corrected chi connectivity index (χ0v) is 11.2. The Morgan fingerprint density at radius 2 is 2.06 bits per heavy atom. The highest BCUT2D eigenvalue weighted by Crippen LogP contribution is 2.29. The van der Waals surface area contributed by atoms with Crippen LogP contribution in [0.2, 0.25) is 5.02 Å². The van der Waals surface area contributed by atoms with Crippen LogP contribution in [0, 0.1) is 12.7 Å². The molecule has 1 atom stereocenters. The Balaban J connectivity index is 2.38. The number of rotatable bonds is 3. The number of nitrogens with one attached hydrogen (secondary N) is 1. The highest BCUT2D eigenvalue weighted by molar-refractivity contribution is 7.12. The molecule has 0 amide bonds. The number of hydrogen-bond donors (Lipinski definition) is 1. The van der Waals surface area contributed by atoms with Gasteiger partial charge in [0.25, 0.3) is 0 Å². The molecule has 2 rings (SSSR count). The minimum absolute atomic E-state index is 0.0143. The summed E-state index contributed by atoms with van der Waals surface area (Å²) in [5, 5.41) is 3.35. The smallest absolute Gasteiger partial charge is 0.142 e. The first-order chi connectivity index (χ1) is 8.11. The van der Waals surface area contributed by atoms with Crippen LogP contribution in [0.5, 0.6) is 0 Å². The van der Waals surface area contributed by atoms with Crippen molar-refractivity contribution in [1.29, 1.82) is 0 Å². The molecule has 0 aliphatic carbocycles. The summed E-state index contributed by atoms with van der Waals surface area (Å²) in [6, 6.07) is 9.07.